The molecule has 0 saturated carbocycles. The average molecular weight is 365 g/mol. The molecule has 1 unspecified atom stereocenters. The molecule has 0 amide bonds. The third kappa shape index (κ3) is 3.06. The van der Waals surface area contributed by atoms with Crippen LogP contribution in [0.25, 0.3) is 10.8 Å². The smallest absolute Gasteiger partial charge is 0.334 e. The summed E-state index contributed by atoms with van der Waals surface area (Å²) >= 11 is 5.99. The second-order valence-electron chi connectivity index (χ2n) is 6.47. The average Bonchev–Trinajstić information content (AvgIpc) is 2.95. The molecule has 1 saturated heterocycles. The SMILES string of the molecule is C=C1CC(COc2ccc3ccccc3c2)(c2ccc(Cl)cc2)OC1=O. The highest BCUT2D eigenvalue weighted by Crippen LogP contribution is 2.40. The third-order valence-corrected chi connectivity index (χ3v) is 4.89. The number of hydrogen-bond donors (Lipinski definition) is 0. The molecule has 3 aromatic rings. The number of halogens is 1. The lowest BCUT2D eigenvalue weighted by atomic mass is 9.90. The van der Waals surface area contributed by atoms with E-state index < -0.39 is 5.60 Å². The predicted octanol–water partition coefficient (Wildman–Crippen LogP) is 5.27. The molecular weight excluding hydrogens is 348 g/mol. The van der Waals surface area contributed by atoms with Gasteiger partial charge in [-0.05, 0) is 40.6 Å². The molecule has 3 aromatic carbocycles. The maximum atomic E-state index is 12.0. The molecule has 3 nitrogen and oxygen atoms in total. The van der Waals surface area contributed by atoms with Gasteiger partial charge in [0.25, 0.3) is 0 Å². The van der Waals surface area contributed by atoms with Crippen LogP contribution < -0.4 is 4.74 Å². The Labute approximate surface area is 156 Å². The lowest BCUT2D eigenvalue weighted by Crippen LogP contribution is -2.33. The van der Waals surface area contributed by atoms with Gasteiger partial charge < -0.3 is 9.47 Å². The summed E-state index contributed by atoms with van der Waals surface area (Å²) in [4.78, 5) is 12.0. The Morgan fingerprint density at radius 2 is 1.77 bits per heavy atom. The third-order valence-electron chi connectivity index (χ3n) is 4.64. The number of carbonyl (C=O) groups is 1. The lowest BCUT2D eigenvalue weighted by Gasteiger charge is -2.28. The Balaban J connectivity index is 1.63. The molecule has 1 fully saturated rings. The van der Waals surface area contributed by atoms with E-state index in [1.54, 1.807) is 12.1 Å². The highest BCUT2D eigenvalue weighted by atomic mass is 35.5. The summed E-state index contributed by atoms with van der Waals surface area (Å²) in [7, 11) is 0. The monoisotopic (exact) mass is 364 g/mol. The molecule has 1 aliphatic rings. The largest absolute Gasteiger partial charge is 0.489 e. The second kappa shape index (κ2) is 6.50. The molecule has 0 aromatic heterocycles. The van der Waals surface area contributed by atoms with Gasteiger partial charge >= 0.3 is 5.97 Å². The predicted molar refractivity (Wildman–Crippen MR) is 102 cm³/mol. The van der Waals surface area contributed by atoms with Gasteiger partial charge in [-0.2, -0.15) is 0 Å². The van der Waals surface area contributed by atoms with E-state index in [0.717, 1.165) is 22.1 Å². The number of cyclic esters (lactones) is 1. The zero-order valence-electron chi connectivity index (χ0n) is 14.1. The minimum atomic E-state index is -0.885. The number of esters is 1. The van der Waals surface area contributed by atoms with Crippen molar-refractivity contribution in [1.29, 1.82) is 0 Å². The second-order valence-corrected chi connectivity index (χ2v) is 6.91. The minimum absolute atomic E-state index is 0.206. The molecular formula is C22H17ClO3. The zero-order valence-corrected chi connectivity index (χ0v) is 14.8. The van der Waals surface area contributed by atoms with E-state index in [0.29, 0.717) is 17.0 Å². The molecule has 0 radical (unpaired) electrons. The summed E-state index contributed by atoms with van der Waals surface area (Å²) in [5.41, 5.74) is 0.404. The number of ether oxygens (including phenoxy) is 2. The maximum Gasteiger partial charge on any atom is 0.334 e. The van der Waals surface area contributed by atoms with E-state index in [4.69, 9.17) is 21.1 Å². The van der Waals surface area contributed by atoms with Crippen LogP contribution in [0.1, 0.15) is 12.0 Å². The fourth-order valence-electron chi connectivity index (χ4n) is 3.24. The summed E-state index contributed by atoms with van der Waals surface area (Å²) < 4.78 is 11.7. The van der Waals surface area contributed by atoms with Crippen molar-refractivity contribution in [2.24, 2.45) is 0 Å². The Kier molecular flexibility index (Phi) is 4.17. The molecule has 1 heterocycles. The van der Waals surface area contributed by atoms with Gasteiger partial charge in [0.2, 0.25) is 0 Å². The summed E-state index contributed by atoms with van der Waals surface area (Å²) in [5, 5.41) is 2.87. The number of carbonyl (C=O) groups excluding carboxylic acids is 1. The minimum Gasteiger partial charge on any atom is -0.489 e. The van der Waals surface area contributed by atoms with E-state index in [-0.39, 0.29) is 12.6 Å². The van der Waals surface area contributed by atoms with E-state index in [1.165, 1.54) is 0 Å². The van der Waals surface area contributed by atoms with Gasteiger partial charge in [0.1, 0.15) is 12.4 Å². The van der Waals surface area contributed by atoms with Crippen molar-refractivity contribution in [3.05, 3.63) is 89.5 Å². The Bertz CT molecular complexity index is 976. The molecule has 0 bridgehead atoms. The lowest BCUT2D eigenvalue weighted by molar-refractivity contribution is -0.150. The van der Waals surface area contributed by atoms with Crippen molar-refractivity contribution in [3.63, 3.8) is 0 Å². The van der Waals surface area contributed by atoms with Crippen LogP contribution in [-0.2, 0) is 15.1 Å². The van der Waals surface area contributed by atoms with E-state index >= 15 is 0 Å². The zero-order chi connectivity index (χ0) is 18.1. The van der Waals surface area contributed by atoms with Crippen LogP contribution in [0.4, 0.5) is 0 Å². The van der Waals surface area contributed by atoms with Crippen LogP contribution in [0.3, 0.4) is 0 Å². The highest BCUT2D eigenvalue weighted by molar-refractivity contribution is 6.30. The standard InChI is InChI=1S/C22H17ClO3/c1-15-13-22(26-21(15)24,18-7-9-19(23)10-8-18)14-25-20-11-6-16-4-2-3-5-17(16)12-20/h2-12H,1,13-14H2. The molecule has 4 rings (SSSR count). The Morgan fingerprint density at radius 1 is 1.04 bits per heavy atom. The van der Waals surface area contributed by atoms with Gasteiger partial charge in [-0.1, -0.05) is 60.6 Å². The van der Waals surface area contributed by atoms with Crippen molar-refractivity contribution in [2.75, 3.05) is 6.61 Å². The molecule has 4 heteroatoms. The normalized spacial score (nSPS) is 19.6. The van der Waals surface area contributed by atoms with Gasteiger partial charge in [-0.15, -0.1) is 0 Å². The van der Waals surface area contributed by atoms with Crippen LogP contribution in [0.5, 0.6) is 5.75 Å². The van der Waals surface area contributed by atoms with Crippen molar-refractivity contribution in [1.82, 2.24) is 0 Å². The molecule has 1 aliphatic heterocycles. The summed E-state index contributed by atoms with van der Waals surface area (Å²) in [6, 6.07) is 21.3. The van der Waals surface area contributed by atoms with Crippen LogP contribution in [-0.4, -0.2) is 12.6 Å². The molecule has 0 aliphatic carbocycles. The first-order chi connectivity index (χ1) is 12.6. The van der Waals surface area contributed by atoms with Crippen molar-refractivity contribution < 1.29 is 14.3 Å². The Hall–Kier alpha value is -2.78. The number of fused-ring (bicyclic) bond motifs is 1. The Morgan fingerprint density at radius 3 is 2.46 bits per heavy atom. The fraction of sp³-hybridized carbons (Fsp3) is 0.136. The highest BCUT2D eigenvalue weighted by Gasteiger charge is 2.45. The first-order valence-electron chi connectivity index (χ1n) is 8.35. The number of rotatable bonds is 4. The van der Waals surface area contributed by atoms with Gasteiger partial charge in [0, 0.05) is 17.0 Å². The maximum absolute atomic E-state index is 12.0. The number of benzene rings is 3. The summed E-state index contributed by atoms with van der Waals surface area (Å²) in [5.74, 6) is 0.340. The quantitative estimate of drug-likeness (QED) is 0.467. The van der Waals surface area contributed by atoms with Crippen LogP contribution in [0, 0.1) is 0 Å². The van der Waals surface area contributed by atoms with Gasteiger partial charge in [0.05, 0.1) is 0 Å². The molecule has 26 heavy (non-hydrogen) atoms. The topological polar surface area (TPSA) is 35.5 Å². The van der Waals surface area contributed by atoms with Crippen molar-refractivity contribution >= 4 is 28.3 Å². The first kappa shape index (κ1) is 16.7. The van der Waals surface area contributed by atoms with Gasteiger partial charge in [-0.25, -0.2) is 4.79 Å². The van der Waals surface area contributed by atoms with Crippen molar-refractivity contribution in [2.45, 2.75) is 12.0 Å². The summed E-state index contributed by atoms with van der Waals surface area (Å²) in [6.07, 6.45) is 0.390. The van der Waals surface area contributed by atoms with E-state index in [1.807, 2.05) is 48.5 Å². The molecule has 1 atom stereocenters. The van der Waals surface area contributed by atoms with Gasteiger partial charge in [0.15, 0.2) is 5.60 Å². The molecule has 130 valence electrons. The van der Waals surface area contributed by atoms with Gasteiger partial charge in [-0.3, -0.25) is 0 Å². The van der Waals surface area contributed by atoms with Crippen LogP contribution in [0.15, 0.2) is 78.9 Å². The van der Waals surface area contributed by atoms with Crippen LogP contribution >= 0.6 is 11.6 Å². The van der Waals surface area contributed by atoms with Crippen LogP contribution in [0.2, 0.25) is 5.02 Å². The molecule has 0 spiro atoms. The fourth-order valence-corrected chi connectivity index (χ4v) is 3.36. The first-order valence-corrected chi connectivity index (χ1v) is 8.72. The van der Waals surface area contributed by atoms with E-state index in [9.17, 15) is 4.79 Å². The molecule has 0 N–H and O–H groups in total. The van der Waals surface area contributed by atoms with Crippen molar-refractivity contribution in [3.8, 4) is 5.75 Å². The summed E-state index contributed by atoms with van der Waals surface area (Å²) in [6.45, 7) is 4.02. The van der Waals surface area contributed by atoms with E-state index in [2.05, 4.69) is 12.6 Å². The number of hydrogen-bond acceptors (Lipinski definition) is 3.